The molecular weight excluding hydrogens is 404 g/mol. The summed E-state index contributed by atoms with van der Waals surface area (Å²) in [6, 6.07) is 0. The molecule has 0 aromatic carbocycles. The molecule has 33 heavy (non-hydrogen) atoms. The number of carbonyl (C=O) groups is 1. The lowest BCUT2D eigenvalue weighted by molar-refractivity contribution is -0.138. The maximum Gasteiger partial charge on any atom is 0.303 e. The average molecular weight is 467 g/mol. The normalized spacial score (nSPS) is 11.5. The third-order valence-electron chi connectivity index (χ3n) is 7.40. The third-order valence-corrected chi connectivity index (χ3v) is 7.40. The van der Waals surface area contributed by atoms with E-state index in [1.807, 2.05) is 0 Å². The van der Waals surface area contributed by atoms with Crippen molar-refractivity contribution in [3.05, 3.63) is 0 Å². The van der Waals surface area contributed by atoms with Gasteiger partial charge in [-0.25, -0.2) is 0 Å². The van der Waals surface area contributed by atoms with Gasteiger partial charge in [0.1, 0.15) is 0 Å². The number of hydrogen-bond donors (Lipinski definition) is 1. The van der Waals surface area contributed by atoms with E-state index in [-0.39, 0.29) is 0 Å². The molecule has 0 rings (SSSR count). The van der Waals surface area contributed by atoms with E-state index in [9.17, 15) is 9.90 Å². The van der Waals surface area contributed by atoms with E-state index in [4.69, 9.17) is 0 Å². The fourth-order valence-corrected chi connectivity index (χ4v) is 5.14. The molecule has 0 heterocycles. The molecule has 198 valence electrons. The second kappa shape index (κ2) is 27.7. The summed E-state index contributed by atoms with van der Waals surface area (Å²) in [6.07, 6.45) is 35.6. The van der Waals surface area contributed by atoms with Crippen molar-refractivity contribution < 1.29 is 9.90 Å². The minimum Gasteiger partial charge on any atom is -0.481 e. The fraction of sp³-hybridized carbons (Fsp3) is 0.968. The molecule has 0 aromatic heterocycles. The molecule has 1 N–H and O–H groups in total. The van der Waals surface area contributed by atoms with Crippen molar-refractivity contribution in [3.63, 3.8) is 0 Å². The molecule has 0 aliphatic heterocycles. The van der Waals surface area contributed by atoms with Crippen molar-refractivity contribution in [3.8, 4) is 0 Å². The van der Waals surface area contributed by atoms with Gasteiger partial charge in [-0.2, -0.15) is 0 Å². The zero-order chi connectivity index (χ0) is 24.2. The topological polar surface area (TPSA) is 37.3 Å². The van der Waals surface area contributed by atoms with Crippen LogP contribution in [0.15, 0.2) is 0 Å². The van der Waals surface area contributed by atoms with Gasteiger partial charge in [-0.15, -0.1) is 0 Å². The highest BCUT2D eigenvalue weighted by atomic mass is 16.4. The van der Waals surface area contributed by atoms with Crippen LogP contribution in [-0.4, -0.2) is 11.1 Å². The molecule has 2 nitrogen and oxygen atoms in total. The van der Waals surface area contributed by atoms with Gasteiger partial charge < -0.3 is 5.11 Å². The predicted molar refractivity (Wildman–Crippen MR) is 147 cm³/mol. The standard InChI is InChI=1S/C31H62O2/c1-3-5-7-9-11-13-15-17-19-21-23-25-27-30(29-31(32)33)28-26-24-22-20-18-16-14-12-10-8-6-4-2/h30H,3-29H2,1-2H3,(H,32,33). The first-order valence-electron chi connectivity index (χ1n) is 15.4. The van der Waals surface area contributed by atoms with Gasteiger partial charge >= 0.3 is 5.97 Å². The second-order valence-electron chi connectivity index (χ2n) is 10.8. The van der Waals surface area contributed by atoms with Crippen molar-refractivity contribution in [1.82, 2.24) is 0 Å². The number of hydrogen-bond acceptors (Lipinski definition) is 1. The summed E-state index contributed by atoms with van der Waals surface area (Å²) >= 11 is 0. The Labute approximate surface area is 209 Å². The lowest BCUT2D eigenvalue weighted by Crippen LogP contribution is -2.08. The van der Waals surface area contributed by atoms with Crippen molar-refractivity contribution >= 4 is 5.97 Å². The molecule has 2 heteroatoms. The van der Waals surface area contributed by atoms with Crippen LogP contribution in [0.2, 0.25) is 0 Å². The molecule has 0 saturated carbocycles. The summed E-state index contributed by atoms with van der Waals surface area (Å²) < 4.78 is 0. The van der Waals surface area contributed by atoms with Crippen LogP contribution in [0.3, 0.4) is 0 Å². The van der Waals surface area contributed by atoms with E-state index in [1.165, 1.54) is 154 Å². The molecule has 0 saturated heterocycles. The molecule has 0 bridgehead atoms. The van der Waals surface area contributed by atoms with Crippen molar-refractivity contribution in [1.29, 1.82) is 0 Å². The van der Waals surface area contributed by atoms with Crippen LogP contribution < -0.4 is 0 Å². The summed E-state index contributed by atoms with van der Waals surface area (Å²) in [5.41, 5.74) is 0. The van der Waals surface area contributed by atoms with Crippen molar-refractivity contribution in [2.75, 3.05) is 0 Å². The Bertz CT molecular complexity index is 351. The highest BCUT2D eigenvalue weighted by molar-refractivity contribution is 5.66. The van der Waals surface area contributed by atoms with Crippen LogP contribution in [0.25, 0.3) is 0 Å². The molecule has 0 aliphatic carbocycles. The lowest BCUT2D eigenvalue weighted by Gasteiger charge is -2.14. The minimum atomic E-state index is -0.599. The van der Waals surface area contributed by atoms with Crippen LogP contribution in [0, 0.1) is 5.92 Å². The first kappa shape index (κ1) is 32.5. The van der Waals surface area contributed by atoms with E-state index in [0.717, 1.165) is 12.8 Å². The number of carboxylic acid groups (broad SMARTS) is 1. The Morgan fingerprint density at radius 1 is 0.455 bits per heavy atom. The molecule has 0 amide bonds. The van der Waals surface area contributed by atoms with E-state index in [2.05, 4.69) is 13.8 Å². The molecule has 0 atom stereocenters. The van der Waals surface area contributed by atoms with Crippen LogP contribution in [0.4, 0.5) is 0 Å². The van der Waals surface area contributed by atoms with E-state index in [1.54, 1.807) is 0 Å². The smallest absolute Gasteiger partial charge is 0.303 e. The SMILES string of the molecule is CCCCCCCCCCCCCCC(CCCCCCCCCCCCCC)CC(=O)O. The molecule has 0 radical (unpaired) electrons. The molecule has 0 fully saturated rings. The Balaban J connectivity index is 3.52. The molecule has 0 unspecified atom stereocenters. The third kappa shape index (κ3) is 27.6. The first-order chi connectivity index (χ1) is 16.2. The number of carboxylic acids is 1. The number of aliphatic carboxylic acids is 1. The summed E-state index contributed by atoms with van der Waals surface area (Å²) in [4.78, 5) is 11.2. The van der Waals surface area contributed by atoms with Gasteiger partial charge in [-0.05, 0) is 18.8 Å². The zero-order valence-corrected chi connectivity index (χ0v) is 23.0. The Morgan fingerprint density at radius 2 is 0.697 bits per heavy atom. The van der Waals surface area contributed by atoms with Crippen LogP contribution in [0.5, 0.6) is 0 Å². The van der Waals surface area contributed by atoms with Gasteiger partial charge in [0.25, 0.3) is 0 Å². The number of unbranched alkanes of at least 4 members (excludes halogenated alkanes) is 22. The summed E-state index contributed by atoms with van der Waals surface area (Å²) in [7, 11) is 0. The largest absolute Gasteiger partial charge is 0.481 e. The van der Waals surface area contributed by atoms with Gasteiger partial charge in [-0.3, -0.25) is 4.79 Å². The quantitative estimate of drug-likeness (QED) is 0.116. The van der Waals surface area contributed by atoms with Crippen LogP contribution >= 0.6 is 0 Å². The van der Waals surface area contributed by atoms with Gasteiger partial charge in [0.05, 0.1) is 0 Å². The van der Waals surface area contributed by atoms with E-state index in [0.29, 0.717) is 12.3 Å². The van der Waals surface area contributed by atoms with Crippen molar-refractivity contribution in [2.24, 2.45) is 5.92 Å². The zero-order valence-electron chi connectivity index (χ0n) is 23.0. The van der Waals surface area contributed by atoms with Gasteiger partial charge in [0.2, 0.25) is 0 Å². The monoisotopic (exact) mass is 466 g/mol. The summed E-state index contributed by atoms with van der Waals surface area (Å²) in [5.74, 6) is -0.188. The predicted octanol–water partition coefficient (Wildman–Crippen LogP) is 11.3. The van der Waals surface area contributed by atoms with Gasteiger partial charge in [-0.1, -0.05) is 168 Å². The van der Waals surface area contributed by atoms with E-state index >= 15 is 0 Å². The van der Waals surface area contributed by atoms with Gasteiger partial charge in [0, 0.05) is 6.42 Å². The molecular formula is C31H62O2. The maximum absolute atomic E-state index is 11.2. The van der Waals surface area contributed by atoms with E-state index < -0.39 is 5.97 Å². The van der Waals surface area contributed by atoms with Crippen LogP contribution in [-0.2, 0) is 4.79 Å². The Kier molecular flexibility index (Phi) is 27.3. The maximum atomic E-state index is 11.2. The Morgan fingerprint density at radius 3 is 0.939 bits per heavy atom. The second-order valence-corrected chi connectivity index (χ2v) is 10.8. The summed E-state index contributed by atoms with van der Waals surface area (Å²) in [5, 5.41) is 9.27. The Hall–Kier alpha value is -0.530. The summed E-state index contributed by atoms with van der Waals surface area (Å²) in [6.45, 7) is 4.56. The average Bonchev–Trinajstić information content (AvgIpc) is 2.80. The van der Waals surface area contributed by atoms with Gasteiger partial charge in [0.15, 0.2) is 0 Å². The highest BCUT2D eigenvalue weighted by Gasteiger charge is 2.12. The van der Waals surface area contributed by atoms with Crippen LogP contribution in [0.1, 0.15) is 187 Å². The minimum absolute atomic E-state index is 0.385. The number of rotatable bonds is 28. The molecule has 0 aromatic rings. The molecule has 0 spiro atoms. The highest BCUT2D eigenvalue weighted by Crippen LogP contribution is 2.22. The molecule has 0 aliphatic rings. The lowest BCUT2D eigenvalue weighted by atomic mass is 9.91. The first-order valence-corrected chi connectivity index (χ1v) is 15.4. The fourth-order valence-electron chi connectivity index (χ4n) is 5.14. The van der Waals surface area contributed by atoms with Crippen molar-refractivity contribution in [2.45, 2.75) is 187 Å².